The number of hydrogen-bond donors (Lipinski definition) is 1. The first-order chi connectivity index (χ1) is 11.4. The molecule has 3 rings (SSSR count). The van der Waals surface area contributed by atoms with Crippen LogP contribution in [0.2, 0.25) is 0 Å². The van der Waals surface area contributed by atoms with Crippen molar-refractivity contribution in [2.24, 2.45) is 0 Å². The van der Waals surface area contributed by atoms with Gasteiger partial charge in [0.2, 0.25) is 10.0 Å². The molecule has 0 saturated heterocycles. The van der Waals surface area contributed by atoms with Gasteiger partial charge in [-0.3, -0.25) is 0 Å². The van der Waals surface area contributed by atoms with E-state index in [1.54, 1.807) is 14.1 Å². The molecule has 0 spiro atoms. The van der Waals surface area contributed by atoms with Crippen LogP contribution in [0.4, 0.5) is 5.69 Å². The van der Waals surface area contributed by atoms with Gasteiger partial charge < -0.3 is 9.88 Å². The molecule has 0 radical (unpaired) electrons. The predicted molar refractivity (Wildman–Crippen MR) is 94.3 cm³/mol. The van der Waals surface area contributed by atoms with Crippen molar-refractivity contribution in [2.45, 2.75) is 32.4 Å². The lowest BCUT2D eigenvalue weighted by atomic mass is 10.2. The summed E-state index contributed by atoms with van der Waals surface area (Å²) in [6, 6.07) is 7.68. The fourth-order valence-corrected chi connectivity index (χ4v) is 3.92. The summed E-state index contributed by atoms with van der Waals surface area (Å²) in [5.41, 5.74) is 1.87. The zero-order valence-electron chi connectivity index (χ0n) is 14.2. The van der Waals surface area contributed by atoms with Gasteiger partial charge in [-0.05, 0) is 25.5 Å². The minimum atomic E-state index is -3.23. The first kappa shape index (κ1) is 16.9. The molecule has 1 aliphatic rings. The number of aromatic nitrogens is 3. The fraction of sp³-hybridized carbons (Fsp3) is 0.500. The topological polar surface area (TPSA) is 80.1 Å². The minimum absolute atomic E-state index is 0.0462. The number of rotatable bonds is 6. The lowest BCUT2D eigenvalue weighted by molar-refractivity contribution is 0.517. The normalized spacial score (nSPS) is 15.5. The van der Waals surface area contributed by atoms with E-state index >= 15 is 0 Å². The quantitative estimate of drug-likeness (QED) is 0.856. The Labute approximate surface area is 142 Å². The highest BCUT2D eigenvalue weighted by Crippen LogP contribution is 2.25. The Morgan fingerprint density at radius 1 is 1.33 bits per heavy atom. The van der Waals surface area contributed by atoms with Crippen LogP contribution in [0.5, 0.6) is 0 Å². The molecule has 1 atom stereocenters. The Balaban J connectivity index is 1.76. The predicted octanol–water partition coefficient (Wildman–Crippen LogP) is 1.58. The highest BCUT2D eigenvalue weighted by Gasteiger charge is 2.20. The summed E-state index contributed by atoms with van der Waals surface area (Å²) >= 11 is 0. The largest absolute Gasteiger partial charge is 0.381 e. The van der Waals surface area contributed by atoms with Crippen LogP contribution in [-0.4, -0.2) is 53.4 Å². The number of benzene rings is 1. The van der Waals surface area contributed by atoms with Crippen LogP contribution in [-0.2, 0) is 23.0 Å². The third-order valence-corrected chi connectivity index (χ3v) is 6.19. The zero-order valence-corrected chi connectivity index (χ0v) is 15.0. The maximum atomic E-state index is 12.0. The van der Waals surface area contributed by atoms with Gasteiger partial charge in [-0.2, -0.15) is 0 Å². The Kier molecular flexibility index (Phi) is 4.60. The van der Waals surface area contributed by atoms with Crippen molar-refractivity contribution in [3.05, 3.63) is 30.1 Å². The standard InChI is InChI=1S/C16H23N5O2S/c1-12(11-24(22,23)20(2)3)17-14-7-4-6-13(10-14)16-19-18-15-8-5-9-21(15)16/h4,6-7,10,12,17H,5,8-9,11H2,1-3H3. The van der Waals surface area contributed by atoms with Gasteiger partial charge in [0.15, 0.2) is 5.82 Å². The first-order valence-electron chi connectivity index (χ1n) is 8.06. The summed E-state index contributed by atoms with van der Waals surface area (Å²) in [6.07, 6.45) is 2.08. The molecule has 1 aliphatic heterocycles. The van der Waals surface area contributed by atoms with Crippen LogP contribution in [0.25, 0.3) is 11.4 Å². The average Bonchev–Trinajstić information content (AvgIpc) is 3.09. The number of hydrogen-bond acceptors (Lipinski definition) is 5. The lowest BCUT2D eigenvalue weighted by Crippen LogP contribution is -2.33. The van der Waals surface area contributed by atoms with Crippen molar-refractivity contribution >= 4 is 15.7 Å². The number of sulfonamides is 1. The molecule has 2 aromatic rings. The summed E-state index contributed by atoms with van der Waals surface area (Å²) in [5, 5.41) is 11.8. The molecule has 7 nitrogen and oxygen atoms in total. The van der Waals surface area contributed by atoms with E-state index in [2.05, 4.69) is 20.1 Å². The Morgan fingerprint density at radius 3 is 2.88 bits per heavy atom. The monoisotopic (exact) mass is 349 g/mol. The van der Waals surface area contributed by atoms with Gasteiger partial charge in [0.25, 0.3) is 0 Å². The van der Waals surface area contributed by atoms with E-state index in [4.69, 9.17) is 0 Å². The SMILES string of the molecule is CC(CS(=O)(=O)N(C)C)Nc1cccc(-c2nnc3n2CCC3)c1. The third kappa shape index (κ3) is 3.44. The molecule has 0 aliphatic carbocycles. The molecular weight excluding hydrogens is 326 g/mol. The molecule has 1 aromatic carbocycles. The molecule has 0 amide bonds. The summed E-state index contributed by atoms with van der Waals surface area (Å²) in [4.78, 5) is 0. The maximum absolute atomic E-state index is 12.0. The number of nitrogens with zero attached hydrogens (tertiary/aromatic N) is 4. The number of fused-ring (bicyclic) bond motifs is 1. The molecule has 130 valence electrons. The molecule has 24 heavy (non-hydrogen) atoms. The zero-order chi connectivity index (χ0) is 17.3. The molecule has 2 heterocycles. The van der Waals surface area contributed by atoms with Crippen LogP contribution in [0.15, 0.2) is 24.3 Å². The van der Waals surface area contributed by atoms with Crippen molar-refractivity contribution in [3.8, 4) is 11.4 Å². The van der Waals surface area contributed by atoms with Gasteiger partial charge in [0.05, 0.1) is 5.75 Å². The molecule has 1 unspecified atom stereocenters. The van der Waals surface area contributed by atoms with Gasteiger partial charge in [-0.15, -0.1) is 10.2 Å². The van der Waals surface area contributed by atoms with Crippen molar-refractivity contribution in [1.82, 2.24) is 19.1 Å². The van der Waals surface area contributed by atoms with E-state index in [-0.39, 0.29) is 11.8 Å². The van der Waals surface area contributed by atoms with Crippen molar-refractivity contribution in [1.29, 1.82) is 0 Å². The van der Waals surface area contributed by atoms with Crippen molar-refractivity contribution in [2.75, 3.05) is 25.2 Å². The Morgan fingerprint density at radius 2 is 2.12 bits per heavy atom. The molecular formula is C16H23N5O2S. The highest BCUT2D eigenvalue weighted by atomic mass is 32.2. The summed E-state index contributed by atoms with van der Waals surface area (Å²) in [5.74, 6) is 1.96. The van der Waals surface area contributed by atoms with Gasteiger partial charge in [0.1, 0.15) is 5.82 Å². The Bertz CT molecular complexity index is 829. The smallest absolute Gasteiger partial charge is 0.215 e. The van der Waals surface area contributed by atoms with Crippen LogP contribution in [0.3, 0.4) is 0 Å². The van der Waals surface area contributed by atoms with Crippen LogP contribution in [0, 0.1) is 0 Å². The van der Waals surface area contributed by atoms with E-state index in [1.165, 1.54) is 4.31 Å². The number of anilines is 1. The lowest BCUT2D eigenvalue weighted by Gasteiger charge is -2.18. The van der Waals surface area contributed by atoms with Gasteiger partial charge in [0, 0.05) is 44.4 Å². The molecule has 8 heteroatoms. The van der Waals surface area contributed by atoms with Crippen LogP contribution < -0.4 is 5.32 Å². The van der Waals surface area contributed by atoms with Gasteiger partial charge >= 0.3 is 0 Å². The second-order valence-electron chi connectivity index (χ2n) is 6.38. The fourth-order valence-electron chi connectivity index (χ4n) is 2.90. The summed E-state index contributed by atoms with van der Waals surface area (Å²) in [6.45, 7) is 2.81. The first-order valence-corrected chi connectivity index (χ1v) is 9.67. The van der Waals surface area contributed by atoms with Crippen molar-refractivity contribution in [3.63, 3.8) is 0 Å². The second-order valence-corrected chi connectivity index (χ2v) is 8.61. The maximum Gasteiger partial charge on any atom is 0.215 e. The molecule has 1 N–H and O–H groups in total. The van der Waals surface area contributed by atoms with E-state index < -0.39 is 10.0 Å². The van der Waals surface area contributed by atoms with Gasteiger partial charge in [-0.1, -0.05) is 12.1 Å². The summed E-state index contributed by atoms with van der Waals surface area (Å²) in [7, 11) is -0.134. The number of nitrogens with one attached hydrogen (secondary N) is 1. The molecule has 0 bridgehead atoms. The number of aryl methyl sites for hydroxylation is 1. The van der Waals surface area contributed by atoms with E-state index in [0.29, 0.717) is 0 Å². The third-order valence-electron chi connectivity index (χ3n) is 4.16. The average molecular weight is 349 g/mol. The van der Waals surface area contributed by atoms with E-state index in [1.807, 2.05) is 31.2 Å². The highest BCUT2D eigenvalue weighted by molar-refractivity contribution is 7.89. The van der Waals surface area contributed by atoms with Crippen LogP contribution in [0.1, 0.15) is 19.2 Å². The van der Waals surface area contributed by atoms with Crippen molar-refractivity contribution < 1.29 is 8.42 Å². The minimum Gasteiger partial charge on any atom is -0.381 e. The Hall–Kier alpha value is -1.93. The molecule has 0 fully saturated rings. The molecule has 1 aromatic heterocycles. The molecule has 0 saturated carbocycles. The van der Waals surface area contributed by atoms with E-state index in [9.17, 15) is 8.42 Å². The van der Waals surface area contributed by atoms with Crippen LogP contribution >= 0.6 is 0 Å². The second kappa shape index (κ2) is 6.52. The summed E-state index contributed by atoms with van der Waals surface area (Å²) < 4.78 is 27.4. The van der Waals surface area contributed by atoms with E-state index in [0.717, 1.165) is 42.3 Å². The van der Waals surface area contributed by atoms with Gasteiger partial charge in [-0.25, -0.2) is 12.7 Å².